The fraction of sp³-hybridized carbons (Fsp3) is 0.722. The molecule has 0 aromatic carbocycles. The number of hydrogen-bond donors (Lipinski definition) is 1. The number of carbonyl (C=O) groups is 2. The largest absolute Gasteiger partial charge is 0.395 e. The summed E-state index contributed by atoms with van der Waals surface area (Å²) in [5.74, 6) is 0.287. The maximum absolute atomic E-state index is 12.6. The van der Waals surface area contributed by atoms with E-state index in [9.17, 15) is 14.7 Å². The van der Waals surface area contributed by atoms with Gasteiger partial charge in [0.15, 0.2) is 0 Å². The average Bonchev–Trinajstić information content (AvgIpc) is 3.02. The van der Waals surface area contributed by atoms with Crippen LogP contribution in [0.3, 0.4) is 0 Å². The van der Waals surface area contributed by atoms with E-state index in [1.807, 2.05) is 22.7 Å². The van der Waals surface area contributed by atoms with Gasteiger partial charge >= 0.3 is 0 Å². The summed E-state index contributed by atoms with van der Waals surface area (Å²) in [6, 6.07) is 0. The predicted molar refractivity (Wildman–Crippen MR) is 92.7 cm³/mol. The van der Waals surface area contributed by atoms with Gasteiger partial charge in [-0.3, -0.25) is 14.3 Å². The molecule has 138 valence electrons. The first-order valence-electron chi connectivity index (χ1n) is 9.17. The predicted octanol–water partition coefficient (Wildman–Crippen LogP) is 0.805. The molecule has 0 radical (unpaired) electrons. The second-order valence-electron chi connectivity index (χ2n) is 7.49. The molecule has 1 aromatic rings. The molecule has 2 saturated heterocycles. The van der Waals surface area contributed by atoms with Gasteiger partial charge in [-0.15, -0.1) is 0 Å². The monoisotopic (exact) mass is 348 g/mol. The zero-order chi connectivity index (χ0) is 17.9. The number of aliphatic hydroxyl groups excluding tert-OH is 1. The Morgan fingerprint density at radius 3 is 2.88 bits per heavy atom. The number of β-amino-alcohol motifs (C(OH)–C–C–N with tert-alkyl or cyclic N) is 1. The zero-order valence-corrected chi connectivity index (χ0v) is 15.0. The molecule has 1 spiro atoms. The maximum Gasteiger partial charge on any atom is 0.224 e. The topological polar surface area (TPSA) is 78.7 Å². The Morgan fingerprint density at radius 1 is 1.32 bits per heavy atom. The lowest BCUT2D eigenvalue weighted by Crippen LogP contribution is -2.55. The van der Waals surface area contributed by atoms with Gasteiger partial charge < -0.3 is 14.9 Å². The quantitative estimate of drug-likeness (QED) is 0.854. The minimum Gasteiger partial charge on any atom is -0.395 e. The van der Waals surface area contributed by atoms with Crippen LogP contribution in [0.15, 0.2) is 12.4 Å². The third-order valence-corrected chi connectivity index (χ3v) is 5.45. The van der Waals surface area contributed by atoms with E-state index in [1.165, 1.54) is 0 Å². The Balaban J connectivity index is 1.58. The van der Waals surface area contributed by atoms with E-state index in [0.717, 1.165) is 37.9 Å². The van der Waals surface area contributed by atoms with Crippen molar-refractivity contribution in [2.75, 3.05) is 32.8 Å². The Kier molecular flexibility index (Phi) is 5.42. The van der Waals surface area contributed by atoms with Gasteiger partial charge in [-0.25, -0.2) is 0 Å². The van der Waals surface area contributed by atoms with Gasteiger partial charge in [-0.05, 0) is 31.7 Å². The SMILES string of the molecule is Cc1cnn(CCC(=O)N2CCCC3(CCC(=O)N(CCO)C3)C2)c1. The summed E-state index contributed by atoms with van der Waals surface area (Å²) in [5, 5.41) is 13.4. The highest BCUT2D eigenvalue weighted by Crippen LogP contribution is 2.38. The molecule has 25 heavy (non-hydrogen) atoms. The Morgan fingerprint density at radius 2 is 2.16 bits per heavy atom. The highest BCUT2D eigenvalue weighted by atomic mass is 16.3. The number of carbonyl (C=O) groups excluding carboxylic acids is 2. The minimum atomic E-state index is -0.00620. The molecule has 2 fully saturated rings. The summed E-state index contributed by atoms with van der Waals surface area (Å²) in [6.07, 6.45) is 7.60. The van der Waals surface area contributed by atoms with E-state index in [1.54, 1.807) is 11.1 Å². The van der Waals surface area contributed by atoms with Gasteiger partial charge in [0.1, 0.15) is 0 Å². The van der Waals surface area contributed by atoms with Crippen LogP contribution in [-0.2, 0) is 16.1 Å². The third kappa shape index (κ3) is 4.21. The molecular weight excluding hydrogens is 320 g/mol. The van der Waals surface area contributed by atoms with Crippen molar-refractivity contribution in [1.82, 2.24) is 19.6 Å². The number of aliphatic hydroxyl groups is 1. The highest BCUT2D eigenvalue weighted by molar-refractivity contribution is 5.78. The first kappa shape index (κ1) is 17.9. The standard InChI is InChI=1S/C18H28N4O3/c1-15-11-19-22(12-15)8-4-17(25)20-7-2-5-18(13-20)6-3-16(24)21(14-18)9-10-23/h11-12,23H,2-10,13-14H2,1H3. The number of rotatable bonds is 5. The first-order valence-corrected chi connectivity index (χ1v) is 9.17. The normalized spacial score (nSPS) is 24.2. The second-order valence-corrected chi connectivity index (χ2v) is 7.49. The second kappa shape index (κ2) is 7.56. The van der Waals surface area contributed by atoms with Crippen LogP contribution in [0.5, 0.6) is 0 Å². The fourth-order valence-corrected chi connectivity index (χ4v) is 4.14. The molecule has 3 rings (SSSR count). The van der Waals surface area contributed by atoms with E-state index >= 15 is 0 Å². The van der Waals surface area contributed by atoms with Gasteiger partial charge in [-0.2, -0.15) is 5.10 Å². The average molecular weight is 348 g/mol. The number of amides is 2. The van der Waals surface area contributed by atoms with Crippen molar-refractivity contribution in [3.8, 4) is 0 Å². The van der Waals surface area contributed by atoms with E-state index in [4.69, 9.17) is 0 Å². The van der Waals surface area contributed by atoms with E-state index in [-0.39, 0.29) is 23.8 Å². The molecule has 2 aliphatic heterocycles. The molecule has 2 amide bonds. The number of aryl methyl sites for hydroxylation is 2. The van der Waals surface area contributed by atoms with Gasteiger partial charge in [0.05, 0.1) is 12.8 Å². The molecule has 1 atom stereocenters. The van der Waals surface area contributed by atoms with E-state index < -0.39 is 0 Å². The molecule has 2 aliphatic rings. The summed E-state index contributed by atoms with van der Waals surface area (Å²) in [5.41, 5.74) is 1.10. The molecule has 1 N–H and O–H groups in total. The Hall–Kier alpha value is -1.89. The van der Waals surface area contributed by atoms with Crippen LogP contribution in [0.25, 0.3) is 0 Å². The number of likely N-dealkylation sites (tertiary alicyclic amines) is 2. The van der Waals surface area contributed by atoms with Crippen LogP contribution in [0.4, 0.5) is 0 Å². The van der Waals surface area contributed by atoms with Crippen molar-refractivity contribution in [3.63, 3.8) is 0 Å². The lowest BCUT2D eigenvalue weighted by Gasteiger charge is -2.48. The molecule has 3 heterocycles. The number of piperidine rings is 2. The molecule has 1 aromatic heterocycles. The lowest BCUT2D eigenvalue weighted by atomic mass is 9.73. The van der Waals surface area contributed by atoms with Crippen molar-refractivity contribution in [2.24, 2.45) is 5.41 Å². The van der Waals surface area contributed by atoms with Gasteiger partial charge in [-0.1, -0.05) is 0 Å². The third-order valence-electron chi connectivity index (χ3n) is 5.45. The van der Waals surface area contributed by atoms with Crippen LogP contribution in [0.1, 0.15) is 37.7 Å². The summed E-state index contributed by atoms with van der Waals surface area (Å²) >= 11 is 0. The fourth-order valence-electron chi connectivity index (χ4n) is 4.14. The van der Waals surface area contributed by atoms with Crippen LogP contribution in [-0.4, -0.2) is 69.3 Å². The van der Waals surface area contributed by atoms with E-state index in [0.29, 0.717) is 32.5 Å². The number of nitrogens with zero attached hydrogens (tertiary/aromatic N) is 4. The van der Waals surface area contributed by atoms with Crippen molar-refractivity contribution >= 4 is 11.8 Å². The van der Waals surface area contributed by atoms with Gasteiger partial charge in [0.25, 0.3) is 0 Å². The minimum absolute atomic E-state index is 0.000716. The van der Waals surface area contributed by atoms with Crippen molar-refractivity contribution in [2.45, 2.75) is 45.6 Å². The van der Waals surface area contributed by atoms with E-state index in [2.05, 4.69) is 5.10 Å². The molecule has 1 unspecified atom stereocenters. The molecular formula is C18H28N4O3. The molecule has 0 saturated carbocycles. The highest BCUT2D eigenvalue weighted by Gasteiger charge is 2.42. The maximum atomic E-state index is 12.6. The first-order chi connectivity index (χ1) is 12.0. The number of hydrogen-bond acceptors (Lipinski definition) is 4. The van der Waals surface area contributed by atoms with Crippen LogP contribution in [0.2, 0.25) is 0 Å². The molecule has 7 heteroatoms. The number of aromatic nitrogens is 2. The zero-order valence-electron chi connectivity index (χ0n) is 15.0. The molecule has 0 aliphatic carbocycles. The summed E-state index contributed by atoms with van der Waals surface area (Å²) in [7, 11) is 0. The molecule has 0 bridgehead atoms. The Bertz CT molecular complexity index is 630. The van der Waals surface area contributed by atoms with Crippen molar-refractivity contribution in [3.05, 3.63) is 18.0 Å². The van der Waals surface area contributed by atoms with Gasteiger partial charge in [0, 0.05) is 57.2 Å². The summed E-state index contributed by atoms with van der Waals surface area (Å²) in [4.78, 5) is 28.4. The molecule has 7 nitrogen and oxygen atoms in total. The summed E-state index contributed by atoms with van der Waals surface area (Å²) < 4.78 is 1.81. The smallest absolute Gasteiger partial charge is 0.224 e. The van der Waals surface area contributed by atoms with Crippen molar-refractivity contribution in [1.29, 1.82) is 0 Å². The van der Waals surface area contributed by atoms with Gasteiger partial charge in [0.2, 0.25) is 11.8 Å². The van der Waals surface area contributed by atoms with Crippen LogP contribution in [0, 0.1) is 12.3 Å². The lowest BCUT2D eigenvalue weighted by molar-refractivity contribution is -0.143. The van der Waals surface area contributed by atoms with Crippen LogP contribution >= 0.6 is 0 Å². The van der Waals surface area contributed by atoms with Crippen molar-refractivity contribution < 1.29 is 14.7 Å². The van der Waals surface area contributed by atoms with Crippen LogP contribution < -0.4 is 0 Å². The summed E-state index contributed by atoms with van der Waals surface area (Å²) in [6.45, 7) is 5.16. The Labute approximate surface area is 148 Å².